The minimum absolute atomic E-state index is 0.0765. The fourth-order valence-corrected chi connectivity index (χ4v) is 3.51. The van der Waals surface area contributed by atoms with E-state index in [9.17, 15) is 13.2 Å². The molecule has 0 saturated carbocycles. The monoisotopic (exact) mass is 333 g/mol. The van der Waals surface area contributed by atoms with Gasteiger partial charge in [0.25, 0.3) is 0 Å². The van der Waals surface area contributed by atoms with Gasteiger partial charge in [-0.2, -0.15) is 0 Å². The van der Waals surface area contributed by atoms with Crippen molar-refractivity contribution in [2.45, 2.75) is 52.5 Å². The van der Waals surface area contributed by atoms with Crippen molar-refractivity contribution in [2.75, 3.05) is 32.4 Å². The summed E-state index contributed by atoms with van der Waals surface area (Å²) in [5, 5.41) is 3.02. The largest absolute Gasteiger partial charge is 0.336 e. The van der Waals surface area contributed by atoms with Gasteiger partial charge in [-0.1, -0.05) is 26.7 Å². The minimum Gasteiger partial charge on any atom is -0.336 e. The van der Waals surface area contributed by atoms with Gasteiger partial charge >= 0.3 is 6.03 Å². The van der Waals surface area contributed by atoms with Crippen LogP contribution in [0.4, 0.5) is 4.79 Å². The van der Waals surface area contributed by atoms with Crippen molar-refractivity contribution in [2.24, 2.45) is 5.92 Å². The summed E-state index contributed by atoms with van der Waals surface area (Å²) >= 11 is 0. The molecular formula is C15H31N3O3S. The summed E-state index contributed by atoms with van der Waals surface area (Å²) in [5.41, 5.74) is 0. The highest BCUT2D eigenvalue weighted by Crippen LogP contribution is 2.10. The fraction of sp³-hybridized carbons (Fsp3) is 0.933. The lowest BCUT2D eigenvalue weighted by molar-refractivity contribution is 0.196. The zero-order chi connectivity index (χ0) is 16.8. The van der Waals surface area contributed by atoms with Crippen molar-refractivity contribution in [3.8, 4) is 0 Å². The van der Waals surface area contributed by atoms with E-state index in [0.717, 1.165) is 12.8 Å². The van der Waals surface area contributed by atoms with Gasteiger partial charge in [-0.05, 0) is 25.7 Å². The molecule has 0 spiro atoms. The summed E-state index contributed by atoms with van der Waals surface area (Å²) in [5.74, 6) is 0.690. The number of nitrogens with one attached hydrogen (secondary N) is 1. The second kappa shape index (κ2) is 8.72. The molecule has 1 unspecified atom stereocenters. The maximum Gasteiger partial charge on any atom is 0.317 e. The first-order valence-corrected chi connectivity index (χ1v) is 10.1. The molecule has 1 saturated heterocycles. The lowest BCUT2D eigenvalue weighted by Gasteiger charge is -2.24. The van der Waals surface area contributed by atoms with Crippen molar-refractivity contribution < 1.29 is 13.2 Å². The highest BCUT2D eigenvalue weighted by atomic mass is 32.2. The number of carbonyl (C=O) groups excluding carboxylic acids is 1. The Morgan fingerprint density at radius 1 is 1.09 bits per heavy atom. The molecule has 0 aromatic carbocycles. The smallest absolute Gasteiger partial charge is 0.317 e. The Morgan fingerprint density at radius 3 is 2.36 bits per heavy atom. The first-order chi connectivity index (χ1) is 10.2. The number of amides is 2. The van der Waals surface area contributed by atoms with E-state index in [4.69, 9.17) is 0 Å². The number of sulfonamides is 1. The normalized spacial score (nSPS) is 19.0. The Hall–Kier alpha value is -0.820. The van der Waals surface area contributed by atoms with Crippen LogP contribution in [0, 0.1) is 5.92 Å². The van der Waals surface area contributed by atoms with Crippen LogP contribution in [0.1, 0.15) is 46.5 Å². The summed E-state index contributed by atoms with van der Waals surface area (Å²) in [4.78, 5) is 14.0. The third kappa shape index (κ3) is 6.96. The number of hydrogen-bond donors (Lipinski definition) is 1. The average molecular weight is 333 g/mol. The Bertz CT molecular complexity index is 451. The molecule has 130 valence electrons. The third-order valence-corrected chi connectivity index (χ3v) is 5.30. The molecule has 0 radical (unpaired) electrons. The van der Waals surface area contributed by atoms with Crippen LogP contribution < -0.4 is 5.32 Å². The van der Waals surface area contributed by atoms with E-state index in [2.05, 4.69) is 19.2 Å². The van der Waals surface area contributed by atoms with Gasteiger partial charge in [0, 0.05) is 32.2 Å². The molecule has 0 aliphatic carbocycles. The lowest BCUT2D eigenvalue weighted by atomic mass is 10.0. The highest BCUT2D eigenvalue weighted by molar-refractivity contribution is 7.88. The molecule has 1 atom stereocenters. The van der Waals surface area contributed by atoms with E-state index in [1.807, 2.05) is 6.92 Å². The molecule has 1 heterocycles. The number of urea groups is 1. The first kappa shape index (κ1) is 19.2. The Morgan fingerprint density at radius 2 is 1.77 bits per heavy atom. The van der Waals surface area contributed by atoms with Crippen molar-refractivity contribution in [3.63, 3.8) is 0 Å². The number of nitrogens with zero attached hydrogens (tertiary/aromatic N) is 2. The van der Waals surface area contributed by atoms with Crippen molar-refractivity contribution in [1.82, 2.24) is 14.5 Å². The van der Waals surface area contributed by atoms with E-state index in [1.165, 1.54) is 17.0 Å². The standard InChI is InChI=1S/C15H31N3O3S/c1-13(2)7-5-8-14(3)16-15(19)17-9-6-10-18(12-11-17)22(4,20)21/h13-14H,5-12H2,1-4H3,(H,16,19). The van der Waals surface area contributed by atoms with E-state index in [1.54, 1.807) is 4.90 Å². The topological polar surface area (TPSA) is 69.7 Å². The molecule has 7 heteroatoms. The van der Waals surface area contributed by atoms with E-state index >= 15 is 0 Å². The van der Waals surface area contributed by atoms with E-state index in [0.29, 0.717) is 38.5 Å². The zero-order valence-electron chi connectivity index (χ0n) is 14.3. The van der Waals surface area contributed by atoms with Gasteiger partial charge in [0.2, 0.25) is 10.0 Å². The molecule has 0 bridgehead atoms. The Balaban J connectivity index is 2.39. The Labute approximate surface area is 135 Å². The summed E-state index contributed by atoms with van der Waals surface area (Å²) in [6.45, 7) is 8.37. The van der Waals surface area contributed by atoms with E-state index < -0.39 is 10.0 Å². The van der Waals surface area contributed by atoms with Gasteiger partial charge in [0.15, 0.2) is 0 Å². The van der Waals surface area contributed by atoms with Crippen LogP contribution in [0.5, 0.6) is 0 Å². The summed E-state index contributed by atoms with van der Waals surface area (Å²) in [6.07, 6.45) is 5.17. The third-order valence-electron chi connectivity index (χ3n) is 4.00. The molecular weight excluding hydrogens is 302 g/mol. The molecule has 0 aromatic heterocycles. The van der Waals surface area contributed by atoms with E-state index in [-0.39, 0.29) is 12.1 Å². The van der Waals surface area contributed by atoms with Crippen LogP contribution >= 0.6 is 0 Å². The minimum atomic E-state index is -3.17. The maximum absolute atomic E-state index is 12.3. The van der Waals surface area contributed by atoms with Crippen LogP contribution in [-0.4, -0.2) is 62.1 Å². The fourth-order valence-electron chi connectivity index (χ4n) is 2.64. The Kier molecular flexibility index (Phi) is 7.62. The molecule has 0 aromatic rings. The van der Waals surface area contributed by atoms with Gasteiger partial charge in [-0.15, -0.1) is 0 Å². The van der Waals surface area contributed by atoms with Gasteiger partial charge in [-0.25, -0.2) is 17.5 Å². The molecule has 1 N–H and O–H groups in total. The molecule has 1 fully saturated rings. The average Bonchev–Trinajstić information content (AvgIpc) is 2.63. The van der Waals surface area contributed by atoms with Crippen LogP contribution in [-0.2, 0) is 10.0 Å². The van der Waals surface area contributed by atoms with Gasteiger partial charge in [0.1, 0.15) is 0 Å². The van der Waals surface area contributed by atoms with Crippen molar-refractivity contribution in [1.29, 1.82) is 0 Å². The predicted octanol–water partition coefficient (Wildman–Crippen LogP) is 1.88. The van der Waals surface area contributed by atoms with Crippen LogP contribution in [0.3, 0.4) is 0 Å². The van der Waals surface area contributed by atoms with Crippen molar-refractivity contribution >= 4 is 16.1 Å². The quantitative estimate of drug-likeness (QED) is 0.807. The molecule has 1 rings (SSSR count). The predicted molar refractivity (Wildman–Crippen MR) is 89.3 cm³/mol. The van der Waals surface area contributed by atoms with Crippen molar-refractivity contribution in [3.05, 3.63) is 0 Å². The lowest BCUT2D eigenvalue weighted by Crippen LogP contribution is -2.45. The van der Waals surface area contributed by atoms with Crippen LogP contribution in [0.15, 0.2) is 0 Å². The molecule has 22 heavy (non-hydrogen) atoms. The van der Waals surface area contributed by atoms with Crippen LogP contribution in [0.2, 0.25) is 0 Å². The second-order valence-electron chi connectivity index (χ2n) is 6.68. The molecule has 1 aliphatic rings. The highest BCUT2D eigenvalue weighted by Gasteiger charge is 2.24. The van der Waals surface area contributed by atoms with Crippen LogP contribution in [0.25, 0.3) is 0 Å². The summed E-state index contributed by atoms with van der Waals surface area (Å²) < 4.78 is 24.6. The summed E-state index contributed by atoms with van der Waals surface area (Å²) in [6, 6.07) is 0.0768. The number of carbonyl (C=O) groups is 1. The summed E-state index contributed by atoms with van der Waals surface area (Å²) in [7, 11) is -3.17. The second-order valence-corrected chi connectivity index (χ2v) is 8.66. The van der Waals surface area contributed by atoms with Gasteiger partial charge in [0.05, 0.1) is 6.26 Å². The zero-order valence-corrected chi connectivity index (χ0v) is 15.2. The molecule has 6 nitrogen and oxygen atoms in total. The van der Waals surface area contributed by atoms with Gasteiger partial charge in [-0.3, -0.25) is 0 Å². The number of hydrogen-bond acceptors (Lipinski definition) is 3. The maximum atomic E-state index is 12.3. The number of rotatable bonds is 6. The SMILES string of the molecule is CC(C)CCCC(C)NC(=O)N1CCCN(S(C)(=O)=O)CC1. The molecule has 1 aliphatic heterocycles. The first-order valence-electron chi connectivity index (χ1n) is 8.20. The molecule has 2 amide bonds. The van der Waals surface area contributed by atoms with Gasteiger partial charge < -0.3 is 10.2 Å².